The quantitative estimate of drug-likeness (QED) is 0.140. The van der Waals surface area contributed by atoms with Crippen molar-refractivity contribution in [2.75, 3.05) is 9.80 Å². The van der Waals surface area contributed by atoms with Crippen LogP contribution in [0.5, 0.6) is 0 Å². The van der Waals surface area contributed by atoms with Gasteiger partial charge >= 0.3 is 0 Å². The Balaban J connectivity index is 0.843. The highest BCUT2D eigenvalue weighted by atomic mass is 15.1. The minimum Gasteiger partial charge on any atom is -0.310 e. The van der Waals surface area contributed by atoms with E-state index in [9.17, 15) is 0 Å². The summed E-state index contributed by atoms with van der Waals surface area (Å²) in [5.74, 6) is 0. The maximum absolute atomic E-state index is 2.41. The highest BCUT2D eigenvalue weighted by molar-refractivity contribution is 6.08. The van der Waals surface area contributed by atoms with Crippen LogP contribution in [0.4, 0.5) is 34.1 Å². The molecule has 2 aliphatic rings. The van der Waals surface area contributed by atoms with E-state index in [2.05, 4.69) is 282 Å². The van der Waals surface area contributed by atoms with E-state index in [1.807, 2.05) is 0 Å². The van der Waals surface area contributed by atoms with Gasteiger partial charge in [0.25, 0.3) is 0 Å². The van der Waals surface area contributed by atoms with Crippen LogP contribution in [0.2, 0.25) is 0 Å². The monoisotopic (exact) mass is 924 g/mol. The molecule has 0 atom stereocenters. The van der Waals surface area contributed by atoms with Crippen molar-refractivity contribution in [3.63, 3.8) is 0 Å². The number of benzene rings is 11. The van der Waals surface area contributed by atoms with E-state index < -0.39 is 0 Å². The van der Waals surface area contributed by atoms with Crippen LogP contribution in [-0.2, 0) is 10.8 Å². The van der Waals surface area contributed by atoms with Crippen LogP contribution in [0.3, 0.4) is 0 Å². The molecule has 0 unspecified atom stereocenters. The summed E-state index contributed by atoms with van der Waals surface area (Å²) in [6, 6.07) is 85.6. The summed E-state index contributed by atoms with van der Waals surface area (Å²) in [5.41, 5.74) is 25.1. The SMILES string of the molecule is Cc1c2ccc(N(c3ccccc3)c3ccc(-c4ccc5c(c4)C(C)(C)c4ccccc4-5)cc3)cc2c(C)c2ccc(N(c3ccccc3)c3ccc(-c4ccc5c(c4)C(C)(C)c4ccccc4-5)cc3)cc12. The van der Waals surface area contributed by atoms with Crippen molar-refractivity contribution in [3.8, 4) is 44.5 Å². The molecule has 0 N–H and O–H groups in total. The standard InChI is InChI=1S/C70H56N2/c1-45-57-39-35-56(72(52-19-11-8-12-20-52)54-33-27-48(28-34-54)50-30-38-62-60-22-14-16-24-66(60)70(5,6)68(62)42-50)44-64(57)46(2)58-40-36-55(43-63(45)58)71(51-17-9-7-10-18-51)53-31-25-47(26-32-53)49-29-37-61-59-21-13-15-23-65(59)69(3,4)67(61)41-49/h7-44H,1-6H3. The molecule has 13 rings (SSSR count). The summed E-state index contributed by atoms with van der Waals surface area (Å²) in [7, 11) is 0. The third-order valence-corrected chi connectivity index (χ3v) is 16.3. The smallest absolute Gasteiger partial charge is 0.0468 e. The lowest BCUT2D eigenvalue weighted by Crippen LogP contribution is -2.14. The Kier molecular flexibility index (Phi) is 10.0. The van der Waals surface area contributed by atoms with Crippen LogP contribution in [0.15, 0.2) is 231 Å². The van der Waals surface area contributed by atoms with E-state index >= 15 is 0 Å². The van der Waals surface area contributed by atoms with Crippen molar-refractivity contribution < 1.29 is 0 Å². The lowest BCUT2D eigenvalue weighted by atomic mass is 9.81. The predicted octanol–water partition coefficient (Wildman–Crippen LogP) is 19.5. The number of hydrogen-bond donors (Lipinski definition) is 0. The van der Waals surface area contributed by atoms with Crippen LogP contribution in [-0.4, -0.2) is 0 Å². The van der Waals surface area contributed by atoms with Gasteiger partial charge in [0, 0.05) is 45.0 Å². The van der Waals surface area contributed by atoms with Crippen molar-refractivity contribution in [3.05, 3.63) is 264 Å². The molecule has 11 aromatic carbocycles. The van der Waals surface area contributed by atoms with Crippen LogP contribution in [0, 0.1) is 13.8 Å². The van der Waals surface area contributed by atoms with Gasteiger partial charge in [0.15, 0.2) is 0 Å². The maximum atomic E-state index is 2.41. The number of anilines is 6. The van der Waals surface area contributed by atoms with Crippen molar-refractivity contribution in [1.29, 1.82) is 0 Å². The second-order valence-corrected chi connectivity index (χ2v) is 21.0. The molecule has 346 valence electrons. The lowest BCUT2D eigenvalue weighted by Gasteiger charge is -2.27. The molecule has 0 fully saturated rings. The largest absolute Gasteiger partial charge is 0.310 e. The highest BCUT2D eigenvalue weighted by Gasteiger charge is 2.36. The Bertz CT molecular complexity index is 3660. The van der Waals surface area contributed by atoms with Gasteiger partial charge in [0.1, 0.15) is 0 Å². The average molecular weight is 925 g/mol. The highest BCUT2D eigenvalue weighted by Crippen LogP contribution is 2.52. The number of para-hydroxylation sites is 2. The number of fused-ring (bicyclic) bond motifs is 8. The molecule has 2 aliphatic carbocycles. The Morgan fingerprint density at radius 3 is 0.972 bits per heavy atom. The molecule has 72 heavy (non-hydrogen) atoms. The van der Waals surface area contributed by atoms with Gasteiger partial charge in [-0.3, -0.25) is 0 Å². The zero-order valence-corrected chi connectivity index (χ0v) is 41.8. The van der Waals surface area contributed by atoms with Crippen LogP contribution < -0.4 is 9.80 Å². The lowest BCUT2D eigenvalue weighted by molar-refractivity contribution is 0.660. The number of aryl methyl sites for hydroxylation is 2. The first-order valence-electron chi connectivity index (χ1n) is 25.4. The van der Waals surface area contributed by atoms with E-state index in [1.165, 1.54) is 99.4 Å². The average Bonchev–Trinajstić information content (AvgIpc) is 3.80. The molecular weight excluding hydrogens is 869 g/mol. The molecule has 0 saturated carbocycles. The van der Waals surface area contributed by atoms with Gasteiger partial charge in [-0.1, -0.05) is 173 Å². The number of nitrogens with zero attached hydrogens (tertiary/aromatic N) is 2. The minimum atomic E-state index is -0.0430. The summed E-state index contributed by atoms with van der Waals surface area (Å²) >= 11 is 0. The van der Waals surface area contributed by atoms with Crippen LogP contribution >= 0.6 is 0 Å². The molecule has 0 aliphatic heterocycles. The van der Waals surface area contributed by atoms with Crippen molar-refractivity contribution >= 4 is 55.7 Å². The van der Waals surface area contributed by atoms with Gasteiger partial charge in [-0.2, -0.15) is 0 Å². The van der Waals surface area contributed by atoms with Crippen LogP contribution in [0.1, 0.15) is 61.1 Å². The number of hydrogen-bond acceptors (Lipinski definition) is 2. The fourth-order valence-corrected chi connectivity index (χ4v) is 12.3. The minimum absolute atomic E-state index is 0.0430. The van der Waals surface area contributed by atoms with Crippen molar-refractivity contribution in [2.24, 2.45) is 0 Å². The van der Waals surface area contributed by atoms with Gasteiger partial charge in [-0.25, -0.2) is 0 Å². The molecule has 0 amide bonds. The molecule has 11 aromatic rings. The third-order valence-electron chi connectivity index (χ3n) is 16.3. The summed E-state index contributed by atoms with van der Waals surface area (Å²) < 4.78 is 0. The summed E-state index contributed by atoms with van der Waals surface area (Å²) in [6.07, 6.45) is 0. The van der Waals surface area contributed by atoms with E-state index in [1.54, 1.807) is 0 Å². The molecule has 0 bridgehead atoms. The second-order valence-electron chi connectivity index (χ2n) is 21.0. The third kappa shape index (κ3) is 6.84. The second kappa shape index (κ2) is 16.6. The van der Waals surface area contributed by atoms with Gasteiger partial charge < -0.3 is 9.80 Å². The maximum Gasteiger partial charge on any atom is 0.0468 e. The normalized spacial score (nSPS) is 13.6. The summed E-state index contributed by atoms with van der Waals surface area (Å²) in [6.45, 7) is 14.0. The topological polar surface area (TPSA) is 6.48 Å². The van der Waals surface area contributed by atoms with Crippen LogP contribution in [0.25, 0.3) is 66.1 Å². The van der Waals surface area contributed by atoms with Crippen molar-refractivity contribution in [2.45, 2.75) is 52.4 Å². The molecule has 0 saturated heterocycles. The fraction of sp³-hybridized carbons (Fsp3) is 0.114. The molecular formula is C70H56N2. The first-order valence-corrected chi connectivity index (χ1v) is 25.4. The first-order chi connectivity index (χ1) is 35.0. The number of rotatable bonds is 8. The molecule has 2 nitrogen and oxygen atoms in total. The Hall–Kier alpha value is -8.46. The van der Waals surface area contributed by atoms with Gasteiger partial charge in [0.05, 0.1) is 0 Å². The van der Waals surface area contributed by atoms with Gasteiger partial charge in [-0.15, -0.1) is 0 Å². The van der Waals surface area contributed by atoms with E-state index in [0.29, 0.717) is 0 Å². The van der Waals surface area contributed by atoms with E-state index in [-0.39, 0.29) is 10.8 Å². The fourth-order valence-electron chi connectivity index (χ4n) is 12.3. The van der Waals surface area contributed by atoms with Gasteiger partial charge in [-0.05, 0) is 198 Å². The van der Waals surface area contributed by atoms with Crippen molar-refractivity contribution in [1.82, 2.24) is 0 Å². The predicted molar refractivity (Wildman–Crippen MR) is 306 cm³/mol. The van der Waals surface area contributed by atoms with E-state index in [0.717, 1.165) is 34.1 Å². The molecule has 0 radical (unpaired) electrons. The Morgan fingerprint density at radius 1 is 0.250 bits per heavy atom. The van der Waals surface area contributed by atoms with E-state index in [4.69, 9.17) is 0 Å². The zero-order valence-electron chi connectivity index (χ0n) is 41.8. The zero-order chi connectivity index (χ0) is 48.9. The summed E-state index contributed by atoms with van der Waals surface area (Å²) in [5, 5.41) is 5.06. The Labute approximate surface area is 424 Å². The molecule has 0 spiro atoms. The molecule has 0 heterocycles. The summed E-state index contributed by atoms with van der Waals surface area (Å²) in [4.78, 5) is 4.78. The first kappa shape index (κ1) is 43.6. The Morgan fingerprint density at radius 2 is 0.569 bits per heavy atom. The molecule has 0 aromatic heterocycles. The molecule has 2 heteroatoms. The van der Waals surface area contributed by atoms with Gasteiger partial charge in [0.2, 0.25) is 0 Å².